The van der Waals surface area contributed by atoms with Gasteiger partial charge in [-0.25, -0.2) is 9.18 Å². The summed E-state index contributed by atoms with van der Waals surface area (Å²) in [5.74, 6) is 0.285. The molecule has 0 aromatic heterocycles. The molecule has 0 saturated heterocycles. The van der Waals surface area contributed by atoms with Gasteiger partial charge in [0.05, 0.1) is 39.4 Å². The summed E-state index contributed by atoms with van der Waals surface area (Å²) in [5.41, 5.74) is 1.96. The second-order valence-corrected chi connectivity index (χ2v) is 16.6. The van der Waals surface area contributed by atoms with E-state index in [1.807, 2.05) is 13.8 Å². The molecule has 1 fully saturated rings. The van der Waals surface area contributed by atoms with Crippen LogP contribution in [0, 0.1) is 5.82 Å². The Hall–Kier alpha value is -2.52. The summed E-state index contributed by atoms with van der Waals surface area (Å²) in [4.78, 5) is 33.0. The molecular weight excluding hydrogens is 451 g/mol. The van der Waals surface area contributed by atoms with Crippen molar-refractivity contribution >= 4 is 25.8 Å². The molecule has 1 aromatic rings. The Morgan fingerprint density at radius 3 is 2.38 bits per heavy atom. The molecule has 2 heterocycles. The number of carbonyl (C=O) groups excluding carboxylic acids is 2. The second kappa shape index (κ2) is 8.60. The summed E-state index contributed by atoms with van der Waals surface area (Å²) in [6.07, 6.45) is 2.94. The van der Waals surface area contributed by atoms with Crippen molar-refractivity contribution in [3.8, 4) is 0 Å². The Labute approximate surface area is 201 Å². The van der Waals surface area contributed by atoms with Gasteiger partial charge in [0.15, 0.2) is 0 Å². The van der Waals surface area contributed by atoms with Crippen molar-refractivity contribution in [2.75, 3.05) is 19.7 Å². The third-order valence-corrected chi connectivity index (χ3v) is 11.7. The molecular formula is C25H35FN4O3Si. The van der Waals surface area contributed by atoms with E-state index in [4.69, 9.17) is 0 Å². The molecule has 0 spiro atoms. The molecule has 1 aromatic carbocycles. The van der Waals surface area contributed by atoms with Crippen LogP contribution >= 0.6 is 0 Å². The highest BCUT2D eigenvalue weighted by Crippen LogP contribution is 2.55. The van der Waals surface area contributed by atoms with Crippen LogP contribution in [0.1, 0.15) is 44.7 Å². The fourth-order valence-corrected chi connectivity index (χ4v) is 8.01. The fraction of sp³-hybridized carbons (Fsp3) is 0.560. The molecule has 7 nitrogen and oxygen atoms in total. The van der Waals surface area contributed by atoms with Crippen molar-refractivity contribution in [3.05, 3.63) is 46.8 Å². The van der Waals surface area contributed by atoms with Gasteiger partial charge >= 0.3 is 6.03 Å². The lowest BCUT2D eigenvalue weighted by atomic mass is 9.83. The molecule has 1 saturated carbocycles. The van der Waals surface area contributed by atoms with Gasteiger partial charge in [-0.3, -0.25) is 9.79 Å². The molecule has 0 radical (unpaired) electrons. The van der Waals surface area contributed by atoms with Crippen LogP contribution in [0.5, 0.6) is 0 Å². The maximum atomic E-state index is 13.4. The highest BCUT2D eigenvalue weighted by atomic mass is 28.3. The van der Waals surface area contributed by atoms with Crippen LogP contribution in [0.4, 0.5) is 9.18 Å². The first kappa shape index (κ1) is 24.6. The van der Waals surface area contributed by atoms with Crippen molar-refractivity contribution < 1.29 is 19.1 Å². The molecule has 3 amide bonds. The van der Waals surface area contributed by atoms with E-state index in [1.165, 1.54) is 12.1 Å². The van der Waals surface area contributed by atoms with Crippen LogP contribution in [0.15, 0.2) is 40.4 Å². The van der Waals surface area contributed by atoms with Gasteiger partial charge in [0.2, 0.25) is 5.91 Å². The molecule has 1 atom stereocenters. The molecule has 184 valence electrons. The van der Waals surface area contributed by atoms with Gasteiger partial charge in [0.1, 0.15) is 11.7 Å². The number of amides is 3. The minimum Gasteiger partial charge on any atom is -0.394 e. The standard InChI is InChI=1S/C25H35FN4O3Si/c1-24(2)19-13-27-21(29-22(32)25(11-6-12-25)34(3,4)5)18(19)14-30(24)23(33)28-20(15-31)16-7-9-17(26)10-8-16/h7-10,20,31H,6,11-15H2,1-5H3,(H,28,33)(H,27,29,32)/t20-/m1/s1. The maximum absolute atomic E-state index is 13.4. The van der Waals surface area contributed by atoms with E-state index in [0.29, 0.717) is 24.5 Å². The Balaban J connectivity index is 1.48. The van der Waals surface area contributed by atoms with Gasteiger partial charge in [-0.05, 0) is 50.0 Å². The zero-order valence-corrected chi connectivity index (χ0v) is 21.7. The van der Waals surface area contributed by atoms with Gasteiger partial charge in [0.25, 0.3) is 0 Å². The van der Waals surface area contributed by atoms with Crippen LogP contribution < -0.4 is 10.6 Å². The van der Waals surface area contributed by atoms with Gasteiger partial charge in [-0.2, -0.15) is 0 Å². The number of aliphatic hydroxyl groups is 1. The summed E-state index contributed by atoms with van der Waals surface area (Å²) in [6.45, 7) is 11.1. The Morgan fingerprint density at radius 2 is 1.85 bits per heavy atom. The lowest BCUT2D eigenvalue weighted by Crippen LogP contribution is -2.55. The van der Waals surface area contributed by atoms with Gasteiger partial charge in [0, 0.05) is 10.6 Å². The fourth-order valence-electron chi connectivity index (χ4n) is 5.42. The van der Waals surface area contributed by atoms with E-state index in [2.05, 4.69) is 35.3 Å². The van der Waals surface area contributed by atoms with Crippen LogP contribution in [-0.4, -0.2) is 61.1 Å². The second-order valence-electron chi connectivity index (χ2n) is 11.1. The Morgan fingerprint density at radius 1 is 1.21 bits per heavy atom. The number of carbonyl (C=O) groups is 2. The average Bonchev–Trinajstić information content (AvgIpc) is 3.23. The topological polar surface area (TPSA) is 94.0 Å². The van der Waals surface area contributed by atoms with Crippen LogP contribution in [0.2, 0.25) is 24.7 Å². The van der Waals surface area contributed by atoms with Gasteiger partial charge < -0.3 is 20.6 Å². The lowest BCUT2D eigenvalue weighted by Gasteiger charge is -2.49. The summed E-state index contributed by atoms with van der Waals surface area (Å²) in [7, 11) is -1.72. The van der Waals surface area contributed by atoms with Gasteiger partial charge in [-0.1, -0.05) is 38.2 Å². The smallest absolute Gasteiger partial charge is 0.318 e. The van der Waals surface area contributed by atoms with E-state index in [-0.39, 0.29) is 29.4 Å². The third kappa shape index (κ3) is 3.98. The minimum absolute atomic E-state index is 0.0720. The van der Waals surface area contributed by atoms with E-state index in [9.17, 15) is 19.1 Å². The average molecular weight is 487 g/mol. The quantitative estimate of drug-likeness (QED) is 0.553. The molecule has 4 rings (SSSR count). The van der Waals surface area contributed by atoms with Crippen LogP contribution in [0.3, 0.4) is 0 Å². The first-order valence-electron chi connectivity index (χ1n) is 11.9. The number of urea groups is 1. The largest absolute Gasteiger partial charge is 0.394 e. The third-order valence-electron chi connectivity index (χ3n) is 8.08. The van der Waals surface area contributed by atoms with E-state index < -0.39 is 19.7 Å². The van der Waals surface area contributed by atoms with E-state index in [1.54, 1.807) is 17.0 Å². The van der Waals surface area contributed by atoms with E-state index in [0.717, 1.165) is 30.4 Å². The number of nitrogens with zero attached hydrogens (tertiary/aromatic N) is 2. The Kier molecular flexibility index (Phi) is 6.22. The molecule has 1 aliphatic carbocycles. The SMILES string of the molecule is CC1(C)C2=C(CN1C(=O)N[C@H](CO)c1ccc(F)cc1)C(NC(=O)C1([Si](C)(C)C)CCC1)=NC2. The Bertz CT molecular complexity index is 1050. The normalized spacial score (nSPS) is 21.5. The van der Waals surface area contributed by atoms with Crippen molar-refractivity contribution in [2.45, 2.75) is 69.4 Å². The van der Waals surface area contributed by atoms with Crippen molar-refractivity contribution in [2.24, 2.45) is 4.99 Å². The number of benzene rings is 1. The van der Waals surface area contributed by atoms with Crippen molar-refractivity contribution in [1.82, 2.24) is 15.5 Å². The molecule has 34 heavy (non-hydrogen) atoms. The summed E-state index contributed by atoms with van der Waals surface area (Å²) >= 11 is 0. The number of rotatable bonds is 5. The zero-order chi connectivity index (χ0) is 24.9. The number of aliphatic hydroxyl groups excluding tert-OH is 1. The molecule has 0 unspecified atom stereocenters. The highest BCUT2D eigenvalue weighted by molar-refractivity contribution is 6.82. The first-order valence-corrected chi connectivity index (χ1v) is 15.4. The predicted molar refractivity (Wildman–Crippen MR) is 133 cm³/mol. The highest BCUT2D eigenvalue weighted by Gasteiger charge is 2.54. The molecule has 3 aliphatic rings. The first-order chi connectivity index (χ1) is 15.9. The van der Waals surface area contributed by atoms with E-state index >= 15 is 0 Å². The number of halogens is 1. The number of hydrogen-bond acceptors (Lipinski definition) is 4. The van der Waals surface area contributed by atoms with Gasteiger partial charge in [-0.15, -0.1) is 0 Å². The van der Waals surface area contributed by atoms with Crippen LogP contribution in [0.25, 0.3) is 0 Å². The van der Waals surface area contributed by atoms with Crippen LogP contribution in [-0.2, 0) is 4.79 Å². The number of hydrogen-bond donors (Lipinski definition) is 3. The van der Waals surface area contributed by atoms with Crippen molar-refractivity contribution in [1.29, 1.82) is 0 Å². The summed E-state index contributed by atoms with van der Waals surface area (Å²) in [6, 6.07) is 4.74. The lowest BCUT2D eigenvalue weighted by molar-refractivity contribution is -0.125. The zero-order valence-electron chi connectivity index (χ0n) is 20.7. The summed E-state index contributed by atoms with van der Waals surface area (Å²) < 4.78 is 13.3. The monoisotopic (exact) mass is 486 g/mol. The number of nitrogens with one attached hydrogen (secondary N) is 2. The molecule has 9 heteroatoms. The molecule has 3 N–H and O–H groups in total. The summed E-state index contributed by atoms with van der Waals surface area (Å²) in [5, 5.41) is 15.6. The predicted octanol–water partition coefficient (Wildman–Crippen LogP) is 3.75. The number of aliphatic imine (C=N–C) groups is 1. The molecule has 2 aliphatic heterocycles. The number of amidine groups is 1. The maximum Gasteiger partial charge on any atom is 0.318 e. The van der Waals surface area contributed by atoms with Crippen molar-refractivity contribution in [3.63, 3.8) is 0 Å². The minimum atomic E-state index is -1.72. The molecule has 0 bridgehead atoms.